The van der Waals surface area contributed by atoms with E-state index in [1.54, 1.807) is 6.07 Å². The van der Waals surface area contributed by atoms with Gasteiger partial charge in [-0.3, -0.25) is 0 Å². The topological polar surface area (TPSA) is 114 Å². The summed E-state index contributed by atoms with van der Waals surface area (Å²) >= 11 is 0. The molecule has 1 aliphatic rings. The van der Waals surface area contributed by atoms with Gasteiger partial charge in [0, 0.05) is 36.6 Å². The molecule has 0 saturated heterocycles. The van der Waals surface area contributed by atoms with Crippen LogP contribution in [0, 0.1) is 13.8 Å². The second-order valence-electron chi connectivity index (χ2n) is 7.34. The van der Waals surface area contributed by atoms with Crippen LogP contribution in [0.5, 0.6) is 11.5 Å². The molecule has 168 valence electrons. The number of ether oxygens (including phenoxy) is 2. The largest absolute Gasteiger partial charge is 0.486 e. The Morgan fingerprint density at radius 1 is 0.906 bits per heavy atom. The summed E-state index contributed by atoms with van der Waals surface area (Å²) in [6.45, 7) is 5.23. The van der Waals surface area contributed by atoms with Crippen LogP contribution in [0.1, 0.15) is 11.3 Å². The van der Waals surface area contributed by atoms with E-state index in [1.165, 1.54) is 17.7 Å². The average Bonchev–Trinajstić information content (AvgIpc) is 2.78. The van der Waals surface area contributed by atoms with E-state index < -0.39 is 10.0 Å². The minimum absolute atomic E-state index is 0.123. The van der Waals surface area contributed by atoms with Gasteiger partial charge in [-0.2, -0.15) is 4.98 Å². The molecule has 0 atom stereocenters. The standard InChI is InChI=1S/C22H25N5O4S/c1-15-3-5-17(6-4-15)26-21-13-16(2)25-22(27-21)23-9-10-24-32(28,29)18-7-8-19-20(14-18)31-12-11-30-19/h3-8,13-14,24H,9-12H2,1-2H3,(H2,23,25,26,27). The van der Waals surface area contributed by atoms with Gasteiger partial charge < -0.3 is 20.1 Å². The van der Waals surface area contributed by atoms with Gasteiger partial charge in [0.1, 0.15) is 19.0 Å². The van der Waals surface area contributed by atoms with Gasteiger partial charge >= 0.3 is 0 Å². The van der Waals surface area contributed by atoms with Gasteiger partial charge in [-0.25, -0.2) is 18.1 Å². The Labute approximate surface area is 187 Å². The van der Waals surface area contributed by atoms with Gasteiger partial charge in [-0.1, -0.05) is 17.7 Å². The maximum atomic E-state index is 12.6. The first-order valence-electron chi connectivity index (χ1n) is 10.2. The Bertz CT molecular complexity index is 1200. The lowest BCUT2D eigenvalue weighted by molar-refractivity contribution is 0.171. The maximum Gasteiger partial charge on any atom is 0.240 e. The first-order valence-corrected chi connectivity index (χ1v) is 11.7. The van der Waals surface area contributed by atoms with E-state index in [2.05, 4.69) is 25.3 Å². The lowest BCUT2D eigenvalue weighted by atomic mass is 10.2. The van der Waals surface area contributed by atoms with Gasteiger partial charge in [0.2, 0.25) is 16.0 Å². The van der Waals surface area contributed by atoms with Crippen LogP contribution >= 0.6 is 0 Å². The number of benzene rings is 2. The zero-order valence-corrected chi connectivity index (χ0v) is 18.7. The van der Waals surface area contributed by atoms with Gasteiger partial charge in [-0.05, 0) is 38.1 Å². The summed E-state index contributed by atoms with van der Waals surface area (Å²) in [6.07, 6.45) is 0. The predicted octanol–water partition coefficient (Wildman–Crippen LogP) is 3.00. The number of fused-ring (bicyclic) bond motifs is 1. The summed E-state index contributed by atoms with van der Waals surface area (Å²) in [4.78, 5) is 8.93. The normalized spacial score (nSPS) is 12.9. The van der Waals surface area contributed by atoms with E-state index in [9.17, 15) is 8.42 Å². The second kappa shape index (κ2) is 9.41. The molecule has 0 fully saturated rings. The van der Waals surface area contributed by atoms with Crippen LogP contribution in [0.2, 0.25) is 0 Å². The molecule has 0 aliphatic carbocycles. The van der Waals surface area contributed by atoms with E-state index in [0.29, 0.717) is 43.0 Å². The Morgan fingerprint density at radius 3 is 2.44 bits per heavy atom. The van der Waals surface area contributed by atoms with Gasteiger partial charge in [0.05, 0.1) is 4.90 Å². The van der Waals surface area contributed by atoms with E-state index in [4.69, 9.17) is 9.47 Å². The van der Waals surface area contributed by atoms with Crippen molar-refractivity contribution in [3.63, 3.8) is 0 Å². The molecule has 3 aromatic rings. The fourth-order valence-corrected chi connectivity index (χ4v) is 4.18. The molecule has 0 saturated carbocycles. The number of nitrogens with zero attached hydrogens (tertiary/aromatic N) is 2. The molecule has 9 nitrogen and oxygen atoms in total. The van der Waals surface area contributed by atoms with Crippen molar-refractivity contribution in [2.24, 2.45) is 0 Å². The Kier molecular flexibility index (Phi) is 6.42. The van der Waals surface area contributed by atoms with Crippen LogP contribution in [0.15, 0.2) is 53.4 Å². The first kappa shape index (κ1) is 21.8. The number of aromatic nitrogens is 2. The van der Waals surface area contributed by atoms with Gasteiger partial charge in [0.15, 0.2) is 11.5 Å². The summed E-state index contributed by atoms with van der Waals surface area (Å²) in [5.41, 5.74) is 2.89. The van der Waals surface area contributed by atoms with E-state index in [-0.39, 0.29) is 11.4 Å². The van der Waals surface area contributed by atoms with Crippen molar-refractivity contribution in [1.82, 2.24) is 14.7 Å². The Morgan fingerprint density at radius 2 is 1.66 bits per heavy atom. The van der Waals surface area contributed by atoms with Crippen molar-refractivity contribution in [3.8, 4) is 11.5 Å². The molecular weight excluding hydrogens is 430 g/mol. The maximum absolute atomic E-state index is 12.6. The molecule has 0 radical (unpaired) electrons. The average molecular weight is 456 g/mol. The zero-order valence-electron chi connectivity index (χ0n) is 17.9. The molecule has 4 rings (SSSR count). The van der Waals surface area contributed by atoms with Crippen LogP contribution in [-0.2, 0) is 10.0 Å². The fourth-order valence-electron chi connectivity index (χ4n) is 3.13. The van der Waals surface area contributed by atoms with Crippen molar-refractivity contribution in [3.05, 3.63) is 59.8 Å². The molecule has 10 heteroatoms. The molecular formula is C22H25N5O4S. The third kappa shape index (κ3) is 5.45. The van der Waals surface area contributed by atoms with Crippen molar-refractivity contribution in [1.29, 1.82) is 0 Å². The smallest absolute Gasteiger partial charge is 0.240 e. The second-order valence-corrected chi connectivity index (χ2v) is 9.11. The molecule has 0 bridgehead atoms. The quantitative estimate of drug-likeness (QED) is 0.444. The van der Waals surface area contributed by atoms with Crippen molar-refractivity contribution in [2.45, 2.75) is 18.7 Å². The molecule has 3 N–H and O–H groups in total. The number of aryl methyl sites for hydroxylation is 2. The number of rotatable bonds is 8. The monoisotopic (exact) mass is 455 g/mol. The lowest BCUT2D eigenvalue weighted by Crippen LogP contribution is -2.29. The molecule has 32 heavy (non-hydrogen) atoms. The summed E-state index contributed by atoms with van der Waals surface area (Å²) in [6, 6.07) is 14.4. The van der Waals surface area contributed by atoms with E-state index in [1.807, 2.05) is 44.2 Å². The van der Waals surface area contributed by atoms with Crippen LogP contribution in [0.3, 0.4) is 0 Å². The molecule has 2 aromatic carbocycles. The zero-order chi connectivity index (χ0) is 22.6. The number of hydrogen-bond acceptors (Lipinski definition) is 8. The number of nitrogens with one attached hydrogen (secondary N) is 3. The number of sulfonamides is 1. The number of anilines is 3. The van der Waals surface area contributed by atoms with E-state index >= 15 is 0 Å². The van der Waals surface area contributed by atoms with Crippen LogP contribution in [-0.4, -0.2) is 44.7 Å². The first-order chi connectivity index (χ1) is 15.4. The van der Waals surface area contributed by atoms with Gasteiger partial charge in [-0.15, -0.1) is 0 Å². The Hall–Kier alpha value is -3.37. The van der Waals surface area contributed by atoms with Crippen molar-refractivity contribution < 1.29 is 17.9 Å². The predicted molar refractivity (Wildman–Crippen MR) is 122 cm³/mol. The van der Waals surface area contributed by atoms with Crippen LogP contribution in [0.25, 0.3) is 0 Å². The highest BCUT2D eigenvalue weighted by Crippen LogP contribution is 2.32. The highest BCUT2D eigenvalue weighted by Gasteiger charge is 2.19. The van der Waals surface area contributed by atoms with Crippen LogP contribution in [0.4, 0.5) is 17.5 Å². The van der Waals surface area contributed by atoms with Crippen molar-refractivity contribution in [2.75, 3.05) is 36.9 Å². The third-order valence-corrected chi connectivity index (χ3v) is 6.16. The van der Waals surface area contributed by atoms with E-state index in [0.717, 1.165) is 11.4 Å². The summed E-state index contributed by atoms with van der Waals surface area (Å²) < 4.78 is 38.6. The van der Waals surface area contributed by atoms with Crippen LogP contribution < -0.4 is 24.8 Å². The SMILES string of the molecule is Cc1ccc(Nc2cc(C)nc(NCCNS(=O)(=O)c3ccc4c(c3)OCCO4)n2)cc1. The molecule has 2 heterocycles. The molecule has 0 amide bonds. The summed E-state index contributed by atoms with van der Waals surface area (Å²) in [5.74, 6) is 2.04. The Balaban J connectivity index is 1.34. The molecule has 1 aliphatic heterocycles. The van der Waals surface area contributed by atoms with Gasteiger partial charge in [0.25, 0.3) is 0 Å². The highest BCUT2D eigenvalue weighted by molar-refractivity contribution is 7.89. The molecule has 0 unspecified atom stereocenters. The highest BCUT2D eigenvalue weighted by atomic mass is 32.2. The number of hydrogen-bond donors (Lipinski definition) is 3. The minimum Gasteiger partial charge on any atom is -0.486 e. The fraction of sp³-hybridized carbons (Fsp3) is 0.273. The summed E-state index contributed by atoms with van der Waals surface area (Å²) in [7, 11) is -3.69. The third-order valence-electron chi connectivity index (χ3n) is 4.70. The molecule has 1 aromatic heterocycles. The molecule has 0 spiro atoms. The lowest BCUT2D eigenvalue weighted by Gasteiger charge is -2.19. The summed E-state index contributed by atoms with van der Waals surface area (Å²) in [5, 5.41) is 6.31. The minimum atomic E-state index is -3.69. The van der Waals surface area contributed by atoms with Crippen molar-refractivity contribution >= 4 is 27.5 Å².